The van der Waals surface area contributed by atoms with Crippen molar-refractivity contribution in [3.05, 3.63) is 30.1 Å². The van der Waals surface area contributed by atoms with Gasteiger partial charge < -0.3 is 5.32 Å². The van der Waals surface area contributed by atoms with Crippen molar-refractivity contribution in [2.75, 3.05) is 13.1 Å². The molecular weight excluding hydrogens is 326 g/mol. The molecule has 0 radical (unpaired) electrons. The van der Waals surface area contributed by atoms with Gasteiger partial charge >= 0.3 is 0 Å². The highest BCUT2D eigenvalue weighted by atomic mass is 16.1. The first-order valence-corrected chi connectivity index (χ1v) is 10.2. The largest absolute Gasteiger partial charge is 0.353 e. The zero-order valence-electron chi connectivity index (χ0n) is 15.5. The maximum atomic E-state index is 12.5. The predicted octanol–water partition coefficient (Wildman–Crippen LogP) is 1.59. The van der Waals surface area contributed by atoms with Crippen molar-refractivity contribution >= 4 is 5.91 Å². The number of hydrogen-bond acceptors (Lipinski definition) is 5. The van der Waals surface area contributed by atoms with Gasteiger partial charge in [0.2, 0.25) is 5.91 Å². The molecule has 2 aliphatic heterocycles. The quantitative estimate of drug-likeness (QED) is 0.747. The Labute approximate surface area is 156 Å². The third-order valence-electron chi connectivity index (χ3n) is 6.26. The van der Waals surface area contributed by atoms with Crippen LogP contribution in [0.3, 0.4) is 0 Å². The lowest BCUT2D eigenvalue weighted by molar-refractivity contribution is -0.122. The van der Waals surface area contributed by atoms with Gasteiger partial charge in [-0.2, -0.15) is 0 Å². The van der Waals surface area contributed by atoms with Gasteiger partial charge in [0.25, 0.3) is 0 Å². The molecule has 6 nitrogen and oxygen atoms in total. The van der Waals surface area contributed by atoms with E-state index in [-0.39, 0.29) is 5.91 Å². The Kier molecular flexibility index (Phi) is 5.82. The van der Waals surface area contributed by atoms with Crippen molar-refractivity contribution in [1.29, 1.82) is 0 Å². The molecule has 3 fully saturated rings. The minimum atomic E-state index is 0.207. The Morgan fingerprint density at radius 2 is 2.00 bits per heavy atom. The molecule has 1 aromatic heterocycles. The first-order valence-electron chi connectivity index (χ1n) is 10.2. The van der Waals surface area contributed by atoms with E-state index in [2.05, 4.69) is 32.1 Å². The van der Waals surface area contributed by atoms with E-state index in [1.165, 1.54) is 25.7 Å². The van der Waals surface area contributed by atoms with E-state index in [1.807, 2.05) is 18.3 Å². The zero-order chi connectivity index (χ0) is 17.8. The Morgan fingerprint density at radius 1 is 1.15 bits per heavy atom. The highest BCUT2D eigenvalue weighted by Gasteiger charge is 2.38. The number of piperidine rings is 1. The van der Waals surface area contributed by atoms with Gasteiger partial charge in [0.05, 0.1) is 5.69 Å². The molecule has 1 saturated carbocycles. The summed E-state index contributed by atoms with van der Waals surface area (Å²) in [4.78, 5) is 19.3. The zero-order valence-corrected chi connectivity index (χ0v) is 15.5. The summed E-state index contributed by atoms with van der Waals surface area (Å²) in [5, 5.41) is 3.28. The van der Waals surface area contributed by atoms with Crippen molar-refractivity contribution in [3.63, 3.8) is 0 Å². The van der Waals surface area contributed by atoms with Crippen LogP contribution in [0, 0.1) is 5.92 Å². The summed E-state index contributed by atoms with van der Waals surface area (Å²) in [6.45, 7) is 2.95. The minimum Gasteiger partial charge on any atom is -0.353 e. The van der Waals surface area contributed by atoms with Crippen molar-refractivity contribution in [2.45, 2.75) is 69.6 Å². The number of pyridine rings is 1. The van der Waals surface area contributed by atoms with Crippen LogP contribution in [0.4, 0.5) is 0 Å². The smallest absolute Gasteiger partial charge is 0.221 e. The Balaban J connectivity index is 1.19. The molecule has 2 saturated heterocycles. The van der Waals surface area contributed by atoms with Gasteiger partial charge in [-0.3, -0.25) is 25.5 Å². The lowest BCUT2D eigenvalue weighted by Gasteiger charge is -2.32. The number of amides is 1. The minimum absolute atomic E-state index is 0.207. The monoisotopic (exact) mass is 357 g/mol. The molecule has 142 valence electrons. The number of carbonyl (C=O) groups excluding carboxylic acids is 1. The molecule has 0 aromatic carbocycles. The average molecular weight is 358 g/mol. The van der Waals surface area contributed by atoms with E-state index in [0.717, 1.165) is 38.2 Å². The van der Waals surface area contributed by atoms with Crippen LogP contribution in [0.25, 0.3) is 0 Å². The van der Waals surface area contributed by atoms with E-state index < -0.39 is 0 Å². The SMILES string of the molecule is O=C(CC1NNC2CCCCC21)NC1CCN(Cc2ccccn2)CC1. The van der Waals surface area contributed by atoms with E-state index in [0.29, 0.717) is 30.5 Å². The Bertz CT molecular complexity index is 587. The molecule has 3 atom stereocenters. The molecule has 26 heavy (non-hydrogen) atoms. The lowest BCUT2D eigenvalue weighted by Crippen LogP contribution is -2.46. The topological polar surface area (TPSA) is 69.3 Å². The van der Waals surface area contributed by atoms with Gasteiger partial charge in [-0.15, -0.1) is 0 Å². The van der Waals surface area contributed by atoms with E-state index >= 15 is 0 Å². The Hall–Kier alpha value is -1.50. The number of hydrazine groups is 1. The molecule has 1 amide bonds. The first-order chi connectivity index (χ1) is 12.8. The molecule has 3 heterocycles. The molecule has 1 aliphatic carbocycles. The molecule has 6 heteroatoms. The summed E-state index contributed by atoms with van der Waals surface area (Å²) in [6.07, 6.45) is 9.61. The number of aromatic nitrogens is 1. The maximum absolute atomic E-state index is 12.5. The van der Waals surface area contributed by atoms with Gasteiger partial charge in [0.15, 0.2) is 0 Å². The summed E-state index contributed by atoms with van der Waals surface area (Å²) in [5.74, 6) is 0.827. The molecule has 0 bridgehead atoms. The van der Waals surface area contributed by atoms with Gasteiger partial charge in [-0.05, 0) is 43.7 Å². The maximum Gasteiger partial charge on any atom is 0.221 e. The number of nitrogens with zero attached hydrogens (tertiary/aromatic N) is 2. The Morgan fingerprint density at radius 3 is 2.81 bits per heavy atom. The first kappa shape index (κ1) is 17.9. The number of fused-ring (bicyclic) bond motifs is 1. The fraction of sp³-hybridized carbons (Fsp3) is 0.700. The van der Waals surface area contributed by atoms with Crippen LogP contribution in [0.15, 0.2) is 24.4 Å². The normalized spacial score (nSPS) is 30.1. The molecular formula is C20H31N5O. The fourth-order valence-corrected chi connectivity index (χ4v) is 4.79. The lowest BCUT2D eigenvalue weighted by atomic mass is 9.81. The summed E-state index contributed by atoms with van der Waals surface area (Å²) in [5.41, 5.74) is 7.90. The summed E-state index contributed by atoms with van der Waals surface area (Å²) in [7, 11) is 0. The van der Waals surface area contributed by atoms with Crippen molar-refractivity contribution < 1.29 is 4.79 Å². The van der Waals surface area contributed by atoms with Crippen LogP contribution < -0.4 is 16.2 Å². The molecule has 3 aliphatic rings. The fourth-order valence-electron chi connectivity index (χ4n) is 4.79. The van der Waals surface area contributed by atoms with Crippen LogP contribution in [-0.4, -0.2) is 47.0 Å². The molecule has 1 aromatic rings. The second-order valence-electron chi connectivity index (χ2n) is 8.09. The van der Waals surface area contributed by atoms with E-state index in [9.17, 15) is 4.79 Å². The van der Waals surface area contributed by atoms with Gasteiger partial charge in [-0.1, -0.05) is 18.9 Å². The number of nitrogens with one attached hydrogen (secondary N) is 3. The van der Waals surface area contributed by atoms with E-state index in [1.54, 1.807) is 0 Å². The highest BCUT2D eigenvalue weighted by molar-refractivity contribution is 5.77. The number of hydrogen-bond donors (Lipinski definition) is 3. The summed E-state index contributed by atoms with van der Waals surface area (Å²) < 4.78 is 0. The predicted molar refractivity (Wildman–Crippen MR) is 101 cm³/mol. The molecule has 0 spiro atoms. The number of rotatable bonds is 5. The van der Waals surface area contributed by atoms with Crippen LogP contribution in [0.1, 0.15) is 50.6 Å². The highest BCUT2D eigenvalue weighted by Crippen LogP contribution is 2.31. The molecule has 3 N–H and O–H groups in total. The van der Waals surface area contributed by atoms with Crippen LogP contribution in [0.2, 0.25) is 0 Å². The van der Waals surface area contributed by atoms with E-state index in [4.69, 9.17) is 0 Å². The summed E-state index contributed by atoms with van der Waals surface area (Å²) in [6, 6.07) is 7.25. The average Bonchev–Trinajstić information content (AvgIpc) is 3.07. The van der Waals surface area contributed by atoms with Crippen molar-refractivity contribution in [3.8, 4) is 0 Å². The standard InChI is InChI=1S/C20H31N5O/c26-20(13-19-17-6-1-2-7-18(17)23-24-19)22-15-8-11-25(12-9-15)14-16-5-3-4-10-21-16/h3-5,10,15,17-19,23-24H,1-2,6-9,11-14H2,(H,22,26). The van der Waals surface area contributed by atoms with Crippen LogP contribution in [0.5, 0.6) is 0 Å². The number of likely N-dealkylation sites (tertiary alicyclic amines) is 1. The van der Waals surface area contributed by atoms with Crippen molar-refractivity contribution in [1.82, 2.24) is 26.1 Å². The molecule has 4 rings (SSSR count). The number of carbonyl (C=O) groups is 1. The van der Waals surface area contributed by atoms with Crippen LogP contribution >= 0.6 is 0 Å². The van der Waals surface area contributed by atoms with Gasteiger partial charge in [-0.25, -0.2) is 0 Å². The van der Waals surface area contributed by atoms with Crippen LogP contribution in [-0.2, 0) is 11.3 Å². The second-order valence-corrected chi connectivity index (χ2v) is 8.09. The van der Waals surface area contributed by atoms with Crippen molar-refractivity contribution in [2.24, 2.45) is 5.92 Å². The summed E-state index contributed by atoms with van der Waals surface area (Å²) >= 11 is 0. The van der Waals surface area contributed by atoms with Gasteiger partial charge in [0.1, 0.15) is 0 Å². The second kappa shape index (κ2) is 8.46. The third kappa shape index (κ3) is 4.42. The van der Waals surface area contributed by atoms with Gasteiger partial charge in [0, 0.05) is 50.4 Å². The molecule has 3 unspecified atom stereocenters. The third-order valence-corrected chi connectivity index (χ3v) is 6.26.